The van der Waals surface area contributed by atoms with E-state index in [9.17, 15) is 4.79 Å². The van der Waals surface area contributed by atoms with E-state index in [1.165, 1.54) is 17.7 Å². The van der Waals surface area contributed by atoms with Gasteiger partial charge < -0.3 is 9.88 Å². The van der Waals surface area contributed by atoms with Crippen LogP contribution in [0.2, 0.25) is 0 Å². The lowest BCUT2D eigenvalue weighted by atomic mass is 9.88. The first-order valence-corrected chi connectivity index (χ1v) is 10.1. The van der Waals surface area contributed by atoms with E-state index in [1.54, 1.807) is 18.1 Å². The quantitative estimate of drug-likeness (QED) is 0.727. The van der Waals surface area contributed by atoms with Crippen molar-refractivity contribution in [1.29, 1.82) is 0 Å². The summed E-state index contributed by atoms with van der Waals surface area (Å²) in [7, 11) is 1.80. The number of imidazole rings is 1. The Morgan fingerprint density at radius 3 is 3.07 bits per heavy atom. The maximum atomic E-state index is 12.5. The number of carbonyl (C=O) groups is 1. The van der Waals surface area contributed by atoms with Gasteiger partial charge in [0, 0.05) is 24.2 Å². The first-order valence-electron chi connectivity index (χ1n) is 10.1. The van der Waals surface area contributed by atoms with Gasteiger partial charge in [-0.2, -0.15) is 5.10 Å². The molecule has 146 valence electrons. The fourth-order valence-electron chi connectivity index (χ4n) is 4.47. The van der Waals surface area contributed by atoms with E-state index in [0.717, 1.165) is 47.9 Å². The van der Waals surface area contributed by atoms with Crippen molar-refractivity contribution < 1.29 is 4.79 Å². The number of aromatic nitrogens is 5. The van der Waals surface area contributed by atoms with Crippen molar-refractivity contribution in [2.75, 3.05) is 11.9 Å². The molecule has 1 fully saturated rings. The minimum Gasteiger partial charge on any atom is -0.335 e. The van der Waals surface area contributed by atoms with E-state index in [0.29, 0.717) is 11.1 Å². The Hall–Kier alpha value is -2.70. The molecule has 2 aliphatic carbocycles. The van der Waals surface area contributed by atoms with Crippen LogP contribution in [0.15, 0.2) is 12.3 Å². The zero-order valence-electron chi connectivity index (χ0n) is 16.8. The molecule has 2 aliphatic rings. The van der Waals surface area contributed by atoms with Gasteiger partial charge in [0.15, 0.2) is 11.5 Å². The smallest absolute Gasteiger partial charge is 0.229 e. The molecule has 0 aliphatic heterocycles. The van der Waals surface area contributed by atoms with Gasteiger partial charge in [-0.25, -0.2) is 9.97 Å². The average Bonchev–Trinajstić information content (AvgIpc) is 3.02. The van der Waals surface area contributed by atoms with Crippen LogP contribution in [-0.4, -0.2) is 38.1 Å². The molecule has 2 N–H and O–H groups in total. The first-order chi connectivity index (χ1) is 13.4. The Kier molecular flexibility index (Phi) is 3.66. The highest BCUT2D eigenvalue weighted by atomic mass is 16.2. The van der Waals surface area contributed by atoms with E-state index < -0.39 is 0 Å². The van der Waals surface area contributed by atoms with Gasteiger partial charge >= 0.3 is 0 Å². The first kappa shape index (κ1) is 17.4. The lowest BCUT2D eigenvalue weighted by molar-refractivity contribution is -0.121. The highest BCUT2D eigenvalue weighted by Crippen LogP contribution is 2.59. The second-order valence-electron chi connectivity index (χ2n) is 8.82. The number of hydrogen-bond donors (Lipinski definition) is 2. The summed E-state index contributed by atoms with van der Waals surface area (Å²) < 4.78 is 0. The number of anilines is 1. The third-order valence-corrected chi connectivity index (χ3v) is 6.82. The number of pyridine rings is 1. The number of rotatable bonds is 4. The molecule has 3 atom stereocenters. The molecule has 0 unspecified atom stereocenters. The highest BCUT2D eigenvalue weighted by Gasteiger charge is 2.53. The third-order valence-electron chi connectivity index (χ3n) is 6.82. The molecule has 7 nitrogen and oxygen atoms in total. The van der Waals surface area contributed by atoms with E-state index in [1.807, 2.05) is 19.9 Å². The van der Waals surface area contributed by atoms with Crippen molar-refractivity contribution in [2.45, 2.75) is 46.5 Å². The minimum atomic E-state index is -0.0123. The molecule has 0 aromatic carbocycles. The molecule has 1 saturated carbocycles. The third kappa shape index (κ3) is 2.56. The summed E-state index contributed by atoms with van der Waals surface area (Å²) in [4.78, 5) is 26.7. The second kappa shape index (κ2) is 5.90. The minimum absolute atomic E-state index is 0.0123. The molecular weight excluding hydrogens is 352 g/mol. The van der Waals surface area contributed by atoms with Crippen molar-refractivity contribution >= 4 is 22.8 Å². The van der Waals surface area contributed by atoms with Crippen LogP contribution in [0.3, 0.4) is 0 Å². The van der Waals surface area contributed by atoms with E-state index in [-0.39, 0.29) is 11.8 Å². The predicted molar refractivity (Wildman–Crippen MR) is 108 cm³/mol. The highest BCUT2D eigenvalue weighted by molar-refractivity contribution is 5.95. The van der Waals surface area contributed by atoms with Crippen LogP contribution < -0.4 is 4.90 Å². The zero-order valence-corrected chi connectivity index (χ0v) is 16.8. The number of hydrogen-bond acceptors (Lipinski definition) is 4. The monoisotopic (exact) mass is 378 g/mol. The van der Waals surface area contributed by atoms with E-state index in [2.05, 4.69) is 32.1 Å². The van der Waals surface area contributed by atoms with E-state index >= 15 is 0 Å². The molecule has 7 heteroatoms. The topological polar surface area (TPSA) is 90.6 Å². The summed E-state index contributed by atoms with van der Waals surface area (Å²) in [6.07, 6.45) is 5.97. The van der Waals surface area contributed by atoms with Gasteiger partial charge in [0.25, 0.3) is 0 Å². The van der Waals surface area contributed by atoms with Gasteiger partial charge in [0.05, 0.1) is 17.4 Å². The van der Waals surface area contributed by atoms with Crippen LogP contribution in [0.4, 0.5) is 5.69 Å². The van der Waals surface area contributed by atoms with Crippen LogP contribution in [0, 0.1) is 17.3 Å². The molecule has 3 heterocycles. The normalized spacial score (nSPS) is 23.9. The molecule has 0 spiro atoms. The largest absolute Gasteiger partial charge is 0.335 e. The summed E-state index contributed by atoms with van der Waals surface area (Å²) in [6.45, 7) is 6.34. The summed E-state index contributed by atoms with van der Waals surface area (Å²) in [6, 6.07) is 1.94. The van der Waals surface area contributed by atoms with Crippen LogP contribution in [-0.2, 0) is 17.6 Å². The van der Waals surface area contributed by atoms with E-state index in [4.69, 9.17) is 0 Å². The number of nitrogens with zero attached hydrogens (tertiary/aromatic N) is 4. The second-order valence-corrected chi connectivity index (χ2v) is 8.82. The number of aromatic amines is 2. The molecule has 3 aromatic rings. The van der Waals surface area contributed by atoms with Gasteiger partial charge in [-0.15, -0.1) is 0 Å². The van der Waals surface area contributed by atoms with Crippen molar-refractivity contribution in [3.05, 3.63) is 23.5 Å². The SMILES string of the molecule is CC[C@@H](C)C(=O)N(C)c1cnc2nc(-c3n[nH]c4c3C[C@@H]3C[C@]3(C)C4)[nH]c2c1. The Morgan fingerprint density at radius 1 is 1.46 bits per heavy atom. The van der Waals surface area contributed by atoms with Gasteiger partial charge in [-0.1, -0.05) is 20.8 Å². The lowest BCUT2D eigenvalue weighted by Crippen LogP contribution is -2.31. The van der Waals surface area contributed by atoms with Gasteiger partial charge in [-0.05, 0) is 43.1 Å². The summed E-state index contributed by atoms with van der Waals surface area (Å²) in [5.74, 6) is 1.60. The number of carbonyl (C=O) groups excluding carboxylic acids is 1. The number of amides is 1. The average molecular weight is 378 g/mol. The van der Waals surface area contributed by atoms with Gasteiger partial charge in [-0.3, -0.25) is 9.89 Å². The van der Waals surface area contributed by atoms with Crippen LogP contribution in [0.5, 0.6) is 0 Å². The van der Waals surface area contributed by atoms with Crippen molar-refractivity contribution in [2.24, 2.45) is 17.3 Å². The number of fused-ring (bicyclic) bond motifs is 3. The van der Waals surface area contributed by atoms with Gasteiger partial charge in [0.1, 0.15) is 5.69 Å². The number of H-pyrrole nitrogens is 2. The molecule has 0 bridgehead atoms. The van der Waals surface area contributed by atoms with Gasteiger partial charge in [0.2, 0.25) is 5.91 Å². The molecule has 0 saturated heterocycles. The van der Waals surface area contributed by atoms with Crippen molar-refractivity contribution in [3.8, 4) is 11.5 Å². The summed E-state index contributed by atoms with van der Waals surface area (Å²) in [5.41, 5.74) is 6.15. The van der Waals surface area contributed by atoms with Crippen molar-refractivity contribution in [3.63, 3.8) is 0 Å². The van der Waals surface area contributed by atoms with Crippen LogP contribution >= 0.6 is 0 Å². The molecular formula is C21H26N6O. The Balaban J connectivity index is 1.48. The fourth-order valence-corrected chi connectivity index (χ4v) is 4.47. The Labute approximate surface area is 164 Å². The summed E-state index contributed by atoms with van der Waals surface area (Å²) >= 11 is 0. The van der Waals surface area contributed by atoms with Crippen molar-refractivity contribution in [1.82, 2.24) is 25.1 Å². The molecule has 3 aromatic heterocycles. The molecule has 1 amide bonds. The predicted octanol–water partition coefficient (Wildman–Crippen LogP) is 3.48. The number of nitrogens with one attached hydrogen (secondary N) is 2. The maximum Gasteiger partial charge on any atom is 0.229 e. The molecule has 5 rings (SSSR count). The van der Waals surface area contributed by atoms with Crippen LogP contribution in [0.1, 0.15) is 44.9 Å². The molecule has 28 heavy (non-hydrogen) atoms. The molecule has 0 radical (unpaired) electrons. The lowest BCUT2D eigenvalue weighted by Gasteiger charge is -2.20. The maximum absolute atomic E-state index is 12.5. The zero-order chi connectivity index (χ0) is 19.6. The standard InChI is InChI=1S/C21H26N6O/c1-5-11(2)20(28)27(4)13-7-15-18(22-10-13)24-19(23-15)17-14-6-12-8-21(12,3)9-16(14)25-26-17/h7,10-12H,5-6,8-9H2,1-4H3,(H,25,26)(H,22,23,24)/t11-,12-,21-/m1/s1. The Bertz CT molecular complexity index is 1080. The summed E-state index contributed by atoms with van der Waals surface area (Å²) in [5, 5.41) is 7.79. The van der Waals surface area contributed by atoms with Crippen LogP contribution in [0.25, 0.3) is 22.7 Å². The Morgan fingerprint density at radius 2 is 2.29 bits per heavy atom. The fraction of sp³-hybridized carbons (Fsp3) is 0.524.